The van der Waals surface area contributed by atoms with E-state index in [9.17, 15) is 9.59 Å². The van der Waals surface area contributed by atoms with E-state index >= 15 is 0 Å². The molecule has 5 fully saturated rings. The number of carbonyl (C=O) groups is 2. The van der Waals surface area contributed by atoms with E-state index in [2.05, 4.69) is 0 Å². The molecule has 5 rings (SSSR count). The number of hydrogen-bond donors (Lipinski definition) is 0. The maximum atomic E-state index is 12.2. The molecule has 0 N–H and O–H groups in total. The predicted octanol–water partition coefficient (Wildman–Crippen LogP) is 3.37. The number of ether oxygens (including phenoxy) is 2. The second-order valence-corrected chi connectivity index (χ2v) is 8.16. The van der Waals surface area contributed by atoms with E-state index in [0.717, 1.165) is 44.9 Å². The van der Waals surface area contributed by atoms with Gasteiger partial charge >= 0.3 is 11.9 Å². The van der Waals surface area contributed by atoms with Crippen LogP contribution < -0.4 is 0 Å². The molecule has 0 saturated heterocycles. The van der Waals surface area contributed by atoms with E-state index in [1.807, 2.05) is 0 Å². The van der Waals surface area contributed by atoms with Gasteiger partial charge in [0, 0.05) is 0 Å². The molecule has 0 aromatic heterocycles. The summed E-state index contributed by atoms with van der Waals surface area (Å²) in [5.74, 6) is 0.602. The van der Waals surface area contributed by atoms with Gasteiger partial charge in [-0.05, 0) is 82.0 Å². The average Bonchev–Trinajstić information content (AvgIpc) is 2.46. The summed E-state index contributed by atoms with van der Waals surface area (Å²) >= 11 is 0. The Kier molecular flexibility index (Phi) is 3.66. The molecule has 4 bridgehead atoms. The van der Waals surface area contributed by atoms with Crippen LogP contribution in [0.3, 0.4) is 0 Å². The first-order valence-corrected chi connectivity index (χ1v) is 9.06. The summed E-state index contributed by atoms with van der Waals surface area (Å²) in [6.45, 7) is 0. The molecule has 0 unspecified atom stereocenters. The summed E-state index contributed by atoms with van der Waals surface area (Å²) in [6, 6.07) is 0. The van der Waals surface area contributed by atoms with Crippen LogP contribution in [0.5, 0.6) is 0 Å². The summed E-state index contributed by atoms with van der Waals surface area (Å²) in [7, 11) is 0. The van der Waals surface area contributed by atoms with Crippen molar-refractivity contribution < 1.29 is 19.1 Å². The molecule has 0 aromatic rings. The van der Waals surface area contributed by atoms with Gasteiger partial charge in [-0.3, -0.25) is 0 Å². The lowest BCUT2D eigenvalue weighted by molar-refractivity contribution is -0.197. The van der Waals surface area contributed by atoms with Gasteiger partial charge in [0.1, 0.15) is 11.7 Å². The first-order valence-electron chi connectivity index (χ1n) is 9.06. The van der Waals surface area contributed by atoms with Crippen LogP contribution in [0.4, 0.5) is 0 Å². The van der Waals surface area contributed by atoms with E-state index < -0.39 is 11.9 Å². The average molecular weight is 306 g/mol. The van der Waals surface area contributed by atoms with Crippen molar-refractivity contribution in [1.29, 1.82) is 0 Å². The fraction of sp³-hybridized carbons (Fsp3) is 0.889. The van der Waals surface area contributed by atoms with Gasteiger partial charge in [0.05, 0.1) is 0 Å². The molecule has 0 heterocycles. The molecule has 0 radical (unpaired) electrons. The Balaban J connectivity index is 1.36. The Morgan fingerprint density at radius 2 is 1.32 bits per heavy atom. The molecule has 4 nitrogen and oxygen atoms in total. The summed E-state index contributed by atoms with van der Waals surface area (Å²) in [5, 5.41) is 0. The van der Waals surface area contributed by atoms with Crippen molar-refractivity contribution in [3.63, 3.8) is 0 Å². The quantitative estimate of drug-likeness (QED) is 0.580. The van der Waals surface area contributed by atoms with Crippen molar-refractivity contribution in [2.45, 2.75) is 82.3 Å². The van der Waals surface area contributed by atoms with Crippen LogP contribution in [-0.4, -0.2) is 23.6 Å². The molecule has 122 valence electrons. The SMILES string of the molecule is O=C(OC1CCCCC1)C(=O)OC12CC3CC(CC(C3)C1)C2. The molecule has 0 atom stereocenters. The fourth-order valence-corrected chi connectivity index (χ4v) is 5.78. The van der Waals surface area contributed by atoms with Gasteiger partial charge in [-0.2, -0.15) is 0 Å². The van der Waals surface area contributed by atoms with Crippen LogP contribution in [0, 0.1) is 17.8 Å². The maximum absolute atomic E-state index is 12.2. The maximum Gasteiger partial charge on any atom is 0.418 e. The third-order valence-electron chi connectivity index (χ3n) is 6.28. The highest BCUT2D eigenvalue weighted by Gasteiger charge is 2.53. The number of carbonyl (C=O) groups excluding carboxylic acids is 2. The monoisotopic (exact) mass is 306 g/mol. The molecule has 0 aromatic carbocycles. The van der Waals surface area contributed by atoms with Crippen molar-refractivity contribution >= 4 is 11.9 Å². The zero-order chi connectivity index (χ0) is 15.2. The normalized spacial score (nSPS) is 40.5. The molecule has 0 amide bonds. The molecule has 0 spiro atoms. The Morgan fingerprint density at radius 3 is 1.86 bits per heavy atom. The minimum atomic E-state index is -0.761. The fourth-order valence-electron chi connectivity index (χ4n) is 5.78. The van der Waals surface area contributed by atoms with E-state index in [0.29, 0.717) is 17.8 Å². The first kappa shape index (κ1) is 14.5. The van der Waals surface area contributed by atoms with Gasteiger partial charge in [0.2, 0.25) is 0 Å². The highest BCUT2D eigenvalue weighted by atomic mass is 16.6. The van der Waals surface area contributed by atoms with Gasteiger partial charge < -0.3 is 9.47 Å². The standard InChI is InChI=1S/C18H26O4/c19-16(21-15-4-2-1-3-5-15)17(20)22-18-9-12-6-13(10-18)8-14(7-12)11-18/h12-15H,1-11H2. The molecule has 22 heavy (non-hydrogen) atoms. The third kappa shape index (κ3) is 2.77. The van der Waals surface area contributed by atoms with Crippen molar-refractivity contribution in [2.75, 3.05) is 0 Å². The highest BCUT2D eigenvalue weighted by molar-refractivity contribution is 6.29. The smallest absolute Gasteiger partial charge is 0.418 e. The molecule has 5 aliphatic rings. The van der Waals surface area contributed by atoms with Gasteiger partial charge in [0.15, 0.2) is 0 Å². The van der Waals surface area contributed by atoms with Crippen LogP contribution in [0.25, 0.3) is 0 Å². The number of rotatable bonds is 2. The topological polar surface area (TPSA) is 52.6 Å². The molecule has 5 saturated carbocycles. The number of esters is 2. The van der Waals surface area contributed by atoms with E-state index in [4.69, 9.17) is 9.47 Å². The Hall–Kier alpha value is -1.06. The lowest BCUT2D eigenvalue weighted by atomic mass is 9.54. The summed E-state index contributed by atoms with van der Waals surface area (Å²) in [6.07, 6.45) is 11.8. The lowest BCUT2D eigenvalue weighted by Gasteiger charge is -2.55. The van der Waals surface area contributed by atoms with E-state index in [1.54, 1.807) is 0 Å². The van der Waals surface area contributed by atoms with Crippen molar-refractivity contribution in [3.05, 3.63) is 0 Å². The molecule has 4 heteroatoms. The first-order chi connectivity index (χ1) is 10.6. The summed E-state index contributed by atoms with van der Waals surface area (Å²) < 4.78 is 11.1. The van der Waals surface area contributed by atoms with Crippen LogP contribution in [0.2, 0.25) is 0 Å². The van der Waals surface area contributed by atoms with Gasteiger partial charge in [-0.25, -0.2) is 9.59 Å². The highest BCUT2D eigenvalue weighted by Crippen LogP contribution is 2.57. The summed E-state index contributed by atoms with van der Waals surface area (Å²) in [4.78, 5) is 24.2. The van der Waals surface area contributed by atoms with Crippen LogP contribution in [0.15, 0.2) is 0 Å². The van der Waals surface area contributed by atoms with E-state index in [1.165, 1.54) is 25.7 Å². The largest absolute Gasteiger partial charge is 0.454 e. The second kappa shape index (κ2) is 5.54. The third-order valence-corrected chi connectivity index (χ3v) is 6.28. The van der Waals surface area contributed by atoms with Crippen LogP contribution >= 0.6 is 0 Å². The van der Waals surface area contributed by atoms with Crippen molar-refractivity contribution in [3.8, 4) is 0 Å². The minimum Gasteiger partial charge on any atom is -0.454 e. The molecule has 0 aliphatic heterocycles. The molecular formula is C18H26O4. The molecule has 5 aliphatic carbocycles. The van der Waals surface area contributed by atoms with Gasteiger partial charge in [0.25, 0.3) is 0 Å². The number of hydrogen-bond acceptors (Lipinski definition) is 4. The lowest BCUT2D eigenvalue weighted by Crippen LogP contribution is -2.53. The Labute approximate surface area is 131 Å². The Morgan fingerprint density at radius 1 is 0.773 bits per heavy atom. The zero-order valence-electron chi connectivity index (χ0n) is 13.2. The molecular weight excluding hydrogens is 280 g/mol. The zero-order valence-corrected chi connectivity index (χ0v) is 13.2. The summed E-state index contributed by atoms with van der Waals surface area (Å²) in [5.41, 5.74) is -0.350. The second-order valence-electron chi connectivity index (χ2n) is 8.16. The minimum absolute atomic E-state index is 0.0786. The predicted molar refractivity (Wildman–Crippen MR) is 80.0 cm³/mol. The van der Waals surface area contributed by atoms with Crippen LogP contribution in [0.1, 0.15) is 70.6 Å². The van der Waals surface area contributed by atoms with Gasteiger partial charge in [-0.1, -0.05) is 6.42 Å². The Bertz CT molecular complexity index is 428. The van der Waals surface area contributed by atoms with Crippen molar-refractivity contribution in [2.24, 2.45) is 17.8 Å². The van der Waals surface area contributed by atoms with Gasteiger partial charge in [-0.15, -0.1) is 0 Å². The van der Waals surface area contributed by atoms with Crippen LogP contribution in [-0.2, 0) is 19.1 Å². The van der Waals surface area contributed by atoms with E-state index in [-0.39, 0.29) is 11.7 Å². The van der Waals surface area contributed by atoms with Crippen molar-refractivity contribution in [1.82, 2.24) is 0 Å².